The molecular formula is C8H15O4P. The summed E-state index contributed by atoms with van der Waals surface area (Å²) in [7, 11) is -0.845. The van der Waals surface area contributed by atoms with Crippen molar-refractivity contribution in [2.24, 2.45) is 0 Å². The van der Waals surface area contributed by atoms with E-state index in [1.807, 2.05) is 6.92 Å². The van der Waals surface area contributed by atoms with Crippen LogP contribution in [0.4, 0.5) is 0 Å². The summed E-state index contributed by atoms with van der Waals surface area (Å²) in [6.45, 7) is 2.01. The highest BCUT2D eigenvalue weighted by molar-refractivity contribution is 7.59. The number of carbonyl (C=O) groups is 2. The first kappa shape index (κ1) is 12.4. The van der Waals surface area contributed by atoms with Crippen LogP contribution in [0.25, 0.3) is 0 Å². The normalized spacial score (nSPS) is 10.3. The molecule has 0 rings (SSSR count). The molecule has 2 N–H and O–H groups in total. The Balaban J connectivity index is 3.87. The molecule has 0 aliphatic rings. The second kappa shape index (κ2) is 6.84. The number of unbranched alkanes of at least 4 members (excludes halogenated alkanes) is 1. The van der Waals surface area contributed by atoms with Crippen molar-refractivity contribution in [3.8, 4) is 0 Å². The van der Waals surface area contributed by atoms with Crippen molar-refractivity contribution in [1.82, 2.24) is 0 Å². The zero-order valence-corrected chi connectivity index (χ0v) is 8.59. The molecule has 0 aromatic carbocycles. The van der Waals surface area contributed by atoms with Crippen molar-refractivity contribution >= 4 is 19.9 Å². The molecule has 0 aliphatic carbocycles. The summed E-state index contributed by atoms with van der Waals surface area (Å²) >= 11 is 0. The van der Waals surface area contributed by atoms with Crippen LogP contribution in [0, 0.1) is 0 Å². The monoisotopic (exact) mass is 206 g/mol. The van der Waals surface area contributed by atoms with E-state index >= 15 is 0 Å². The topological polar surface area (TPSA) is 74.6 Å². The first-order valence-corrected chi connectivity index (χ1v) is 6.12. The number of hydrogen-bond acceptors (Lipinski definition) is 2. The maximum absolute atomic E-state index is 10.4. The lowest BCUT2D eigenvalue weighted by Gasteiger charge is -2.11. The van der Waals surface area contributed by atoms with Crippen molar-refractivity contribution < 1.29 is 19.8 Å². The van der Waals surface area contributed by atoms with Crippen LogP contribution in [0.5, 0.6) is 0 Å². The summed E-state index contributed by atoms with van der Waals surface area (Å²) in [5.74, 6) is -1.77. The van der Waals surface area contributed by atoms with Crippen molar-refractivity contribution in [3.63, 3.8) is 0 Å². The van der Waals surface area contributed by atoms with Gasteiger partial charge in [0.15, 0.2) is 0 Å². The average Bonchev–Trinajstić information content (AvgIpc) is 1.98. The van der Waals surface area contributed by atoms with E-state index < -0.39 is 19.9 Å². The third-order valence-corrected chi connectivity index (χ3v) is 3.93. The summed E-state index contributed by atoms with van der Waals surface area (Å²) in [6, 6.07) is 0. The first-order chi connectivity index (χ1) is 6.06. The second-order valence-corrected chi connectivity index (χ2v) is 5.27. The Morgan fingerprint density at radius 3 is 1.92 bits per heavy atom. The van der Waals surface area contributed by atoms with E-state index in [0.717, 1.165) is 19.0 Å². The van der Waals surface area contributed by atoms with Crippen molar-refractivity contribution in [1.29, 1.82) is 0 Å². The lowest BCUT2D eigenvalue weighted by Crippen LogP contribution is -2.10. The van der Waals surface area contributed by atoms with E-state index in [1.165, 1.54) is 0 Å². The molecule has 0 aromatic rings. The fourth-order valence-corrected chi connectivity index (χ4v) is 2.93. The number of carboxylic acids is 2. The Morgan fingerprint density at radius 1 is 1.15 bits per heavy atom. The number of aliphatic carboxylic acids is 2. The molecule has 0 fully saturated rings. The Kier molecular flexibility index (Phi) is 6.51. The van der Waals surface area contributed by atoms with Crippen LogP contribution in [0.3, 0.4) is 0 Å². The maximum atomic E-state index is 10.4. The van der Waals surface area contributed by atoms with Gasteiger partial charge in [0.05, 0.1) is 12.3 Å². The van der Waals surface area contributed by atoms with E-state index in [1.54, 1.807) is 0 Å². The van der Waals surface area contributed by atoms with Crippen molar-refractivity contribution in [2.45, 2.75) is 19.8 Å². The second-order valence-electron chi connectivity index (χ2n) is 2.85. The van der Waals surface area contributed by atoms with Gasteiger partial charge in [0.2, 0.25) is 0 Å². The van der Waals surface area contributed by atoms with Crippen LogP contribution < -0.4 is 0 Å². The van der Waals surface area contributed by atoms with Crippen molar-refractivity contribution in [2.75, 3.05) is 18.5 Å². The Bertz CT molecular complexity index is 165. The maximum Gasteiger partial charge on any atom is 0.307 e. The van der Waals surface area contributed by atoms with Crippen LogP contribution >= 0.6 is 7.92 Å². The first-order valence-electron chi connectivity index (χ1n) is 4.22. The third-order valence-electron chi connectivity index (χ3n) is 1.55. The number of rotatable bonds is 7. The van der Waals surface area contributed by atoms with Gasteiger partial charge in [-0.1, -0.05) is 21.3 Å². The summed E-state index contributed by atoms with van der Waals surface area (Å²) in [4.78, 5) is 20.8. The lowest BCUT2D eigenvalue weighted by molar-refractivity contribution is -0.134. The van der Waals surface area contributed by atoms with Gasteiger partial charge in [-0.3, -0.25) is 9.59 Å². The van der Waals surface area contributed by atoms with E-state index in [9.17, 15) is 9.59 Å². The summed E-state index contributed by atoms with van der Waals surface area (Å²) in [6.07, 6.45) is 2.72. The molecule has 13 heavy (non-hydrogen) atoms. The molecule has 0 heterocycles. The van der Waals surface area contributed by atoms with Crippen molar-refractivity contribution in [3.05, 3.63) is 0 Å². The highest BCUT2D eigenvalue weighted by Crippen LogP contribution is 2.35. The largest absolute Gasteiger partial charge is 0.481 e. The zero-order chi connectivity index (χ0) is 10.3. The third kappa shape index (κ3) is 7.72. The minimum Gasteiger partial charge on any atom is -0.481 e. The molecule has 76 valence electrons. The molecule has 5 heteroatoms. The van der Waals surface area contributed by atoms with Gasteiger partial charge in [-0.2, -0.15) is 0 Å². The molecule has 0 bridgehead atoms. The number of carboxylic acid groups (broad SMARTS) is 2. The smallest absolute Gasteiger partial charge is 0.307 e. The minimum absolute atomic E-state index is 0.0294. The van der Waals surface area contributed by atoms with E-state index in [-0.39, 0.29) is 12.3 Å². The van der Waals surface area contributed by atoms with Gasteiger partial charge >= 0.3 is 11.9 Å². The average molecular weight is 206 g/mol. The van der Waals surface area contributed by atoms with Gasteiger partial charge in [0.25, 0.3) is 0 Å². The van der Waals surface area contributed by atoms with E-state index in [2.05, 4.69) is 0 Å². The van der Waals surface area contributed by atoms with E-state index in [4.69, 9.17) is 10.2 Å². The molecule has 0 spiro atoms. The predicted molar refractivity (Wildman–Crippen MR) is 51.7 cm³/mol. The predicted octanol–water partition coefficient (Wildman–Crippen LogP) is 1.44. The van der Waals surface area contributed by atoms with Crippen LogP contribution in [-0.4, -0.2) is 40.6 Å². The fraction of sp³-hybridized carbons (Fsp3) is 0.750. The molecule has 0 aromatic heterocycles. The highest BCUT2D eigenvalue weighted by Gasteiger charge is 2.15. The van der Waals surface area contributed by atoms with Crippen LogP contribution in [-0.2, 0) is 9.59 Å². The van der Waals surface area contributed by atoms with Gasteiger partial charge in [0.1, 0.15) is 0 Å². The van der Waals surface area contributed by atoms with E-state index in [0.29, 0.717) is 0 Å². The fourth-order valence-electron chi connectivity index (χ4n) is 0.978. The lowest BCUT2D eigenvalue weighted by atomic mass is 10.4. The molecule has 0 radical (unpaired) electrons. The number of hydrogen-bond donors (Lipinski definition) is 2. The molecule has 0 unspecified atom stereocenters. The Hall–Kier alpha value is -0.630. The molecule has 0 saturated carbocycles. The van der Waals surface area contributed by atoms with Crippen LogP contribution in [0.2, 0.25) is 0 Å². The SMILES string of the molecule is CCCCP(CC(=O)O)CC(=O)O. The summed E-state index contributed by atoms with van der Waals surface area (Å²) in [5, 5.41) is 17.0. The molecule has 0 aliphatic heterocycles. The molecular weight excluding hydrogens is 191 g/mol. The van der Waals surface area contributed by atoms with Gasteiger partial charge in [0, 0.05) is 0 Å². The summed E-state index contributed by atoms with van der Waals surface area (Å²) in [5.41, 5.74) is 0. The quantitative estimate of drug-likeness (QED) is 0.618. The van der Waals surface area contributed by atoms with Gasteiger partial charge in [-0.25, -0.2) is 0 Å². The Labute approximate surface area is 78.7 Å². The minimum atomic E-state index is -0.886. The van der Waals surface area contributed by atoms with Gasteiger partial charge in [-0.05, 0) is 12.6 Å². The molecule has 4 nitrogen and oxygen atoms in total. The van der Waals surface area contributed by atoms with Crippen LogP contribution in [0.1, 0.15) is 19.8 Å². The standard InChI is InChI=1S/C8H15O4P/c1-2-3-4-13(5-7(9)10)6-8(11)12/h2-6H2,1H3,(H,9,10)(H,11,12). The van der Waals surface area contributed by atoms with Gasteiger partial charge in [-0.15, -0.1) is 0 Å². The molecule has 0 amide bonds. The van der Waals surface area contributed by atoms with Gasteiger partial charge < -0.3 is 10.2 Å². The summed E-state index contributed by atoms with van der Waals surface area (Å²) < 4.78 is 0. The molecule has 0 saturated heterocycles. The highest BCUT2D eigenvalue weighted by atomic mass is 31.1. The molecule has 0 atom stereocenters. The van der Waals surface area contributed by atoms with Crippen LogP contribution in [0.15, 0.2) is 0 Å². The Morgan fingerprint density at radius 2 is 1.62 bits per heavy atom. The zero-order valence-electron chi connectivity index (χ0n) is 7.69.